The third kappa shape index (κ3) is 1.21. The van der Waals surface area contributed by atoms with Gasteiger partial charge in [-0.15, -0.1) is 0 Å². The first-order valence-corrected chi connectivity index (χ1v) is 3.42. The second kappa shape index (κ2) is 3.15. The van der Waals surface area contributed by atoms with Gasteiger partial charge in [0, 0.05) is 18.9 Å². The summed E-state index contributed by atoms with van der Waals surface area (Å²) in [5.74, 6) is 0. The highest BCUT2D eigenvalue weighted by Gasteiger charge is 2.18. The van der Waals surface area contributed by atoms with Gasteiger partial charge in [0.15, 0.2) is 12.2 Å². The topological polar surface area (TPSA) is 3.01 Å². The van der Waals surface area contributed by atoms with Crippen molar-refractivity contribution in [1.82, 2.24) is 0 Å². The molecule has 0 saturated heterocycles. The zero-order chi connectivity index (χ0) is 6.10. The van der Waals surface area contributed by atoms with Crippen molar-refractivity contribution < 1.29 is 21.6 Å². The van der Waals surface area contributed by atoms with Gasteiger partial charge < -0.3 is 17.0 Å². The van der Waals surface area contributed by atoms with Crippen molar-refractivity contribution in [2.45, 2.75) is 12.8 Å². The van der Waals surface area contributed by atoms with Gasteiger partial charge in [-0.1, -0.05) is 6.08 Å². The molecule has 2 aliphatic rings. The number of hydrogen-bond acceptors (Lipinski definition) is 0. The minimum absolute atomic E-state index is 0. The van der Waals surface area contributed by atoms with Crippen LogP contribution in [0.5, 0.6) is 0 Å². The van der Waals surface area contributed by atoms with Crippen LogP contribution in [0.15, 0.2) is 23.9 Å². The molecule has 0 spiro atoms. The van der Waals surface area contributed by atoms with Crippen LogP contribution in [-0.2, 0) is 0 Å². The first kappa shape index (κ1) is 7.73. The molecule has 0 aromatic rings. The molecule has 0 aliphatic carbocycles. The van der Waals surface area contributed by atoms with E-state index in [0.717, 1.165) is 6.54 Å². The van der Waals surface area contributed by atoms with Crippen molar-refractivity contribution >= 4 is 6.21 Å². The van der Waals surface area contributed by atoms with E-state index in [1.807, 2.05) is 0 Å². The standard InChI is InChI=1S/C8H10N.BrH/c1-2-6-9-7-3-5-8(9)4-1;/h1-2,4,7H,3,5-6H2;1H/q+1;/p-1. The smallest absolute Gasteiger partial charge is 0.181 e. The molecular formula is C8H10BrN. The molecule has 2 heteroatoms. The highest BCUT2D eigenvalue weighted by Crippen LogP contribution is 2.14. The quantitative estimate of drug-likeness (QED) is 0.411. The van der Waals surface area contributed by atoms with Crippen molar-refractivity contribution in [3.8, 4) is 0 Å². The van der Waals surface area contributed by atoms with Crippen molar-refractivity contribution in [2.75, 3.05) is 6.54 Å². The summed E-state index contributed by atoms with van der Waals surface area (Å²) in [5, 5.41) is 0. The van der Waals surface area contributed by atoms with Crippen LogP contribution in [0.4, 0.5) is 0 Å². The summed E-state index contributed by atoms with van der Waals surface area (Å²) in [4.78, 5) is 0. The van der Waals surface area contributed by atoms with E-state index < -0.39 is 0 Å². The maximum Gasteiger partial charge on any atom is 0.181 e. The molecule has 10 heavy (non-hydrogen) atoms. The minimum Gasteiger partial charge on any atom is -1.00 e. The van der Waals surface area contributed by atoms with E-state index in [4.69, 9.17) is 0 Å². The highest BCUT2D eigenvalue weighted by molar-refractivity contribution is 5.55. The zero-order valence-corrected chi connectivity index (χ0v) is 7.34. The molecule has 0 saturated carbocycles. The predicted molar refractivity (Wildman–Crippen MR) is 37.6 cm³/mol. The summed E-state index contributed by atoms with van der Waals surface area (Å²) in [6.45, 7) is 1.09. The number of hydrogen-bond donors (Lipinski definition) is 0. The summed E-state index contributed by atoms with van der Waals surface area (Å²) in [6, 6.07) is 0. The van der Waals surface area contributed by atoms with Gasteiger partial charge in [0.2, 0.25) is 0 Å². The maximum absolute atomic E-state index is 2.32. The monoisotopic (exact) mass is 199 g/mol. The molecule has 0 atom stereocenters. The fourth-order valence-electron chi connectivity index (χ4n) is 1.35. The summed E-state index contributed by atoms with van der Waals surface area (Å²) in [5.41, 5.74) is 1.48. The van der Waals surface area contributed by atoms with Gasteiger partial charge in [-0.2, -0.15) is 0 Å². The van der Waals surface area contributed by atoms with E-state index in [9.17, 15) is 0 Å². The Morgan fingerprint density at radius 3 is 3.10 bits per heavy atom. The van der Waals surface area contributed by atoms with E-state index in [-0.39, 0.29) is 17.0 Å². The van der Waals surface area contributed by atoms with Gasteiger partial charge in [0.1, 0.15) is 6.21 Å². The normalized spacial score (nSPS) is 20.8. The average Bonchev–Trinajstić information content (AvgIpc) is 2.33. The molecule has 0 amide bonds. The molecule has 0 aromatic heterocycles. The molecule has 0 fully saturated rings. The Kier molecular flexibility index (Phi) is 2.44. The van der Waals surface area contributed by atoms with Gasteiger partial charge in [-0.25, -0.2) is 4.58 Å². The summed E-state index contributed by atoms with van der Waals surface area (Å²) >= 11 is 0. The molecule has 2 rings (SSSR count). The Hall–Kier alpha value is -0.370. The summed E-state index contributed by atoms with van der Waals surface area (Å²) in [7, 11) is 0. The molecular weight excluding hydrogens is 190 g/mol. The van der Waals surface area contributed by atoms with Crippen LogP contribution in [0.25, 0.3) is 0 Å². The van der Waals surface area contributed by atoms with Crippen LogP contribution in [0, 0.1) is 0 Å². The predicted octanol–water partition coefficient (Wildman–Crippen LogP) is -1.68. The molecule has 2 aliphatic heterocycles. The van der Waals surface area contributed by atoms with Crippen molar-refractivity contribution in [3.63, 3.8) is 0 Å². The Morgan fingerprint density at radius 2 is 2.30 bits per heavy atom. The zero-order valence-electron chi connectivity index (χ0n) is 5.76. The van der Waals surface area contributed by atoms with E-state index in [0.29, 0.717) is 0 Å². The van der Waals surface area contributed by atoms with E-state index in [1.165, 1.54) is 18.5 Å². The molecule has 0 N–H and O–H groups in total. The Bertz CT molecular complexity index is 213. The maximum atomic E-state index is 2.32. The van der Waals surface area contributed by atoms with Crippen LogP contribution in [0.3, 0.4) is 0 Å². The number of halogens is 1. The molecule has 0 unspecified atom stereocenters. The van der Waals surface area contributed by atoms with E-state index in [2.05, 4.69) is 29.0 Å². The van der Waals surface area contributed by atoms with E-state index >= 15 is 0 Å². The molecule has 0 bridgehead atoms. The first-order valence-electron chi connectivity index (χ1n) is 3.42. The van der Waals surface area contributed by atoms with Crippen LogP contribution < -0.4 is 17.0 Å². The largest absolute Gasteiger partial charge is 1.00 e. The third-order valence-electron chi connectivity index (χ3n) is 1.85. The number of nitrogens with zero attached hydrogens (tertiary/aromatic N) is 1. The number of fused-ring (bicyclic) bond motifs is 1. The second-order valence-corrected chi connectivity index (χ2v) is 2.46. The van der Waals surface area contributed by atoms with Gasteiger partial charge >= 0.3 is 0 Å². The third-order valence-corrected chi connectivity index (χ3v) is 1.85. The van der Waals surface area contributed by atoms with Gasteiger partial charge in [-0.3, -0.25) is 0 Å². The number of allylic oxidation sites excluding steroid dienone is 3. The Labute approximate surface area is 71.5 Å². The van der Waals surface area contributed by atoms with Crippen molar-refractivity contribution in [1.29, 1.82) is 0 Å². The van der Waals surface area contributed by atoms with Gasteiger partial charge in [0.05, 0.1) is 0 Å². The summed E-state index contributed by atoms with van der Waals surface area (Å²) in [6.07, 6.45) is 11.3. The van der Waals surface area contributed by atoms with Crippen LogP contribution in [-0.4, -0.2) is 17.3 Å². The molecule has 1 nitrogen and oxygen atoms in total. The summed E-state index contributed by atoms with van der Waals surface area (Å²) < 4.78 is 2.32. The van der Waals surface area contributed by atoms with E-state index in [1.54, 1.807) is 0 Å². The van der Waals surface area contributed by atoms with Crippen molar-refractivity contribution in [2.24, 2.45) is 0 Å². The Balaban J connectivity index is 0.000000500. The molecule has 0 radical (unpaired) electrons. The fraction of sp³-hybridized carbons (Fsp3) is 0.375. The minimum atomic E-state index is 0. The lowest BCUT2D eigenvalue weighted by Crippen LogP contribution is -3.00. The first-order chi connectivity index (χ1) is 4.47. The SMILES string of the molecule is C1=CC[N+]2=CCCC2=C1.[Br-]. The molecule has 0 aromatic carbocycles. The second-order valence-electron chi connectivity index (χ2n) is 2.46. The lowest BCUT2D eigenvalue weighted by atomic mass is 10.2. The van der Waals surface area contributed by atoms with Crippen LogP contribution >= 0.6 is 0 Å². The average molecular weight is 200 g/mol. The lowest BCUT2D eigenvalue weighted by Gasteiger charge is -1.98. The Morgan fingerprint density at radius 1 is 1.40 bits per heavy atom. The van der Waals surface area contributed by atoms with Crippen molar-refractivity contribution in [3.05, 3.63) is 23.9 Å². The highest BCUT2D eigenvalue weighted by atomic mass is 79.9. The molecule has 2 heterocycles. The van der Waals surface area contributed by atoms with Gasteiger partial charge in [0.25, 0.3) is 0 Å². The van der Waals surface area contributed by atoms with Gasteiger partial charge in [-0.05, 0) is 6.08 Å². The van der Waals surface area contributed by atoms with Crippen LogP contribution in [0.2, 0.25) is 0 Å². The lowest BCUT2D eigenvalue weighted by molar-refractivity contribution is -0.457. The van der Waals surface area contributed by atoms with Crippen LogP contribution in [0.1, 0.15) is 12.8 Å². The number of rotatable bonds is 0. The fourth-order valence-corrected chi connectivity index (χ4v) is 1.35. The molecule has 54 valence electrons.